The second-order valence-corrected chi connectivity index (χ2v) is 9.43. The first-order valence-electron chi connectivity index (χ1n) is 10.0. The van der Waals surface area contributed by atoms with Gasteiger partial charge in [-0.3, -0.25) is 9.48 Å². The molecule has 180 valence electrons. The molecule has 0 aliphatic rings. The van der Waals surface area contributed by atoms with E-state index in [1.807, 2.05) is 0 Å². The minimum Gasteiger partial charge on any atom is -0.486 e. The third-order valence-electron chi connectivity index (χ3n) is 4.87. The molecular formula is C24H15Cl5FN3O2. The number of ether oxygens (including phenoxy) is 1. The zero-order chi connectivity index (χ0) is 25.1. The van der Waals surface area contributed by atoms with Gasteiger partial charge in [0, 0.05) is 27.4 Å². The first-order chi connectivity index (χ1) is 16.7. The maximum Gasteiger partial charge on any atom is 0.256 e. The van der Waals surface area contributed by atoms with E-state index in [-0.39, 0.29) is 44.6 Å². The van der Waals surface area contributed by atoms with Crippen LogP contribution in [0.25, 0.3) is 0 Å². The smallest absolute Gasteiger partial charge is 0.256 e. The zero-order valence-corrected chi connectivity index (χ0v) is 21.4. The Labute approximate surface area is 225 Å². The molecule has 0 atom stereocenters. The molecule has 0 radical (unpaired) electrons. The van der Waals surface area contributed by atoms with E-state index >= 15 is 0 Å². The SMILES string of the molecule is O=C(Nc1nn(Cc2c(F)cccc2Cl)cc1Cl)c1cccc(COc2c(Cl)cc(Cl)cc2Cl)c1. The molecule has 0 saturated carbocycles. The van der Waals surface area contributed by atoms with Gasteiger partial charge in [0.25, 0.3) is 5.91 Å². The van der Waals surface area contributed by atoms with E-state index < -0.39 is 11.7 Å². The first-order valence-corrected chi connectivity index (χ1v) is 11.9. The Balaban J connectivity index is 1.45. The van der Waals surface area contributed by atoms with Crippen LogP contribution in [0.2, 0.25) is 25.1 Å². The van der Waals surface area contributed by atoms with Gasteiger partial charge in [-0.1, -0.05) is 76.2 Å². The fourth-order valence-electron chi connectivity index (χ4n) is 3.21. The Bertz CT molecular complexity index is 1370. The molecule has 1 N–H and O–H groups in total. The summed E-state index contributed by atoms with van der Waals surface area (Å²) in [5.41, 5.74) is 1.31. The average molecular weight is 574 g/mol. The number of anilines is 1. The van der Waals surface area contributed by atoms with Crippen molar-refractivity contribution in [3.05, 3.63) is 108 Å². The topological polar surface area (TPSA) is 56.2 Å². The summed E-state index contributed by atoms with van der Waals surface area (Å²) in [6.07, 6.45) is 1.48. The van der Waals surface area contributed by atoms with E-state index in [4.69, 9.17) is 62.7 Å². The molecule has 1 aromatic heterocycles. The molecule has 4 aromatic rings. The highest BCUT2D eigenvalue weighted by Crippen LogP contribution is 2.36. The first kappa shape index (κ1) is 25.6. The summed E-state index contributed by atoms with van der Waals surface area (Å²) in [5, 5.41) is 8.30. The maximum absolute atomic E-state index is 14.1. The number of carbonyl (C=O) groups is 1. The van der Waals surface area contributed by atoms with Gasteiger partial charge in [0.15, 0.2) is 11.6 Å². The lowest BCUT2D eigenvalue weighted by Gasteiger charge is -2.11. The van der Waals surface area contributed by atoms with Crippen molar-refractivity contribution < 1.29 is 13.9 Å². The van der Waals surface area contributed by atoms with Crippen molar-refractivity contribution >= 4 is 69.7 Å². The molecule has 0 aliphatic carbocycles. The molecule has 0 unspecified atom stereocenters. The van der Waals surface area contributed by atoms with Crippen LogP contribution >= 0.6 is 58.0 Å². The molecule has 0 aliphatic heterocycles. The minimum atomic E-state index is -0.463. The highest BCUT2D eigenvalue weighted by Gasteiger charge is 2.16. The molecule has 5 nitrogen and oxygen atoms in total. The third kappa shape index (κ3) is 6.21. The summed E-state index contributed by atoms with van der Waals surface area (Å²) in [7, 11) is 0. The Hall–Kier alpha value is -2.48. The van der Waals surface area contributed by atoms with E-state index in [1.165, 1.54) is 35.1 Å². The molecule has 3 aromatic carbocycles. The molecule has 11 heteroatoms. The standard InChI is InChI=1S/C24H15Cl5FN3O2/c25-15-8-18(27)22(19(28)9-15)35-12-13-3-1-4-14(7-13)24(34)31-23-20(29)11-33(32-23)10-16-17(26)5-2-6-21(16)30/h1-9,11H,10,12H2,(H,31,32,34). The number of amides is 1. The van der Waals surface area contributed by atoms with E-state index in [1.54, 1.807) is 30.3 Å². The van der Waals surface area contributed by atoms with Crippen molar-refractivity contribution in [3.63, 3.8) is 0 Å². The minimum absolute atomic E-state index is 0.0454. The van der Waals surface area contributed by atoms with Crippen molar-refractivity contribution in [1.82, 2.24) is 9.78 Å². The van der Waals surface area contributed by atoms with Gasteiger partial charge in [-0.2, -0.15) is 5.10 Å². The number of rotatable bonds is 7. The predicted molar refractivity (Wildman–Crippen MR) is 138 cm³/mol. The summed E-state index contributed by atoms with van der Waals surface area (Å²) in [5.74, 6) is -0.481. The van der Waals surface area contributed by atoms with Gasteiger partial charge in [-0.15, -0.1) is 0 Å². The van der Waals surface area contributed by atoms with Crippen molar-refractivity contribution in [2.45, 2.75) is 13.2 Å². The van der Waals surface area contributed by atoms with Crippen LogP contribution in [0.1, 0.15) is 21.5 Å². The van der Waals surface area contributed by atoms with Crippen LogP contribution in [-0.2, 0) is 13.2 Å². The van der Waals surface area contributed by atoms with Crippen molar-refractivity contribution in [2.75, 3.05) is 5.32 Å². The van der Waals surface area contributed by atoms with Crippen LogP contribution in [0.3, 0.4) is 0 Å². The summed E-state index contributed by atoms with van der Waals surface area (Å²) >= 11 is 30.5. The third-order valence-corrected chi connectivity index (χ3v) is 6.28. The quantitative estimate of drug-likeness (QED) is 0.243. The number of halogens is 6. The van der Waals surface area contributed by atoms with Crippen molar-refractivity contribution in [1.29, 1.82) is 0 Å². The fraction of sp³-hybridized carbons (Fsp3) is 0.0833. The second kappa shape index (κ2) is 11.1. The van der Waals surface area contributed by atoms with Gasteiger partial charge in [0.2, 0.25) is 0 Å². The molecule has 0 saturated heterocycles. The highest BCUT2D eigenvalue weighted by molar-refractivity contribution is 6.40. The normalized spacial score (nSPS) is 10.9. The Morgan fingerprint density at radius 1 is 0.943 bits per heavy atom. The van der Waals surface area contributed by atoms with Gasteiger partial charge in [-0.05, 0) is 42.0 Å². The van der Waals surface area contributed by atoms with Gasteiger partial charge < -0.3 is 10.1 Å². The largest absolute Gasteiger partial charge is 0.486 e. The lowest BCUT2D eigenvalue weighted by Crippen LogP contribution is -2.14. The van der Waals surface area contributed by atoms with E-state index in [9.17, 15) is 9.18 Å². The average Bonchev–Trinajstić information content (AvgIpc) is 3.14. The predicted octanol–water partition coefficient (Wildman–Crippen LogP) is 8.17. The number of nitrogens with one attached hydrogen (secondary N) is 1. The second-order valence-electron chi connectivity index (χ2n) is 7.37. The van der Waals surface area contributed by atoms with Crippen LogP contribution in [-0.4, -0.2) is 15.7 Å². The number of aromatic nitrogens is 2. The zero-order valence-electron chi connectivity index (χ0n) is 17.7. The Kier molecular flexibility index (Phi) is 8.09. The monoisotopic (exact) mass is 571 g/mol. The lowest BCUT2D eigenvalue weighted by atomic mass is 10.1. The number of hydrogen-bond donors (Lipinski definition) is 1. The van der Waals surface area contributed by atoms with E-state index in [0.29, 0.717) is 21.9 Å². The lowest BCUT2D eigenvalue weighted by molar-refractivity contribution is 0.102. The van der Waals surface area contributed by atoms with E-state index in [2.05, 4.69) is 10.4 Å². The molecule has 1 heterocycles. The van der Waals surface area contributed by atoms with Gasteiger partial charge >= 0.3 is 0 Å². The fourth-order valence-corrected chi connectivity index (χ4v) is 4.56. The molecule has 0 bridgehead atoms. The number of carbonyl (C=O) groups excluding carboxylic acids is 1. The molecular weight excluding hydrogens is 559 g/mol. The van der Waals surface area contributed by atoms with E-state index in [0.717, 1.165) is 0 Å². The Morgan fingerprint density at radius 2 is 1.66 bits per heavy atom. The maximum atomic E-state index is 14.1. The summed E-state index contributed by atoms with van der Waals surface area (Å²) in [6, 6.07) is 14.2. The van der Waals surface area contributed by atoms with Crippen molar-refractivity contribution in [2.24, 2.45) is 0 Å². The number of hydrogen-bond acceptors (Lipinski definition) is 3. The van der Waals surface area contributed by atoms with Gasteiger partial charge in [0.1, 0.15) is 17.4 Å². The Morgan fingerprint density at radius 3 is 2.37 bits per heavy atom. The van der Waals surface area contributed by atoms with Crippen molar-refractivity contribution in [3.8, 4) is 5.75 Å². The van der Waals surface area contributed by atoms with Crippen LogP contribution in [0.15, 0.2) is 60.8 Å². The summed E-state index contributed by atoms with van der Waals surface area (Å²) in [6.45, 7) is 0.157. The van der Waals surface area contributed by atoms with Crippen LogP contribution in [0.4, 0.5) is 10.2 Å². The van der Waals surface area contributed by atoms with Crippen LogP contribution in [0.5, 0.6) is 5.75 Å². The highest BCUT2D eigenvalue weighted by atomic mass is 35.5. The molecule has 1 amide bonds. The summed E-state index contributed by atoms with van der Waals surface area (Å²) < 4.78 is 21.2. The van der Waals surface area contributed by atoms with Crippen LogP contribution < -0.4 is 10.1 Å². The molecule has 4 rings (SSSR count). The van der Waals surface area contributed by atoms with Gasteiger partial charge in [-0.25, -0.2) is 4.39 Å². The number of benzene rings is 3. The van der Waals surface area contributed by atoms with Gasteiger partial charge in [0.05, 0.1) is 16.6 Å². The van der Waals surface area contributed by atoms with Crippen LogP contribution in [0, 0.1) is 5.82 Å². The summed E-state index contributed by atoms with van der Waals surface area (Å²) in [4.78, 5) is 12.8. The molecule has 0 fully saturated rings. The molecule has 0 spiro atoms. The number of nitrogens with zero attached hydrogens (tertiary/aromatic N) is 2. The molecule has 35 heavy (non-hydrogen) atoms.